The first-order valence-electron chi connectivity index (χ1n) is 13.4. The number of fused-ring (bicyclic) bond motifs is 6. The molecule has 0 fully saturated rings. The molecule has 0 N–H and O–H groups in total. The highest BCUT2D eigenvalue weighted by Gasteiger charge is 2.20. The molecule has 6 aromatic carbocycles. The SMILES string of the molecule is [C-]#[N+]c1ccc(-c2ccccc2-n2c3ccccc3c3cccc(-n4c5ccccc5c5ccccc54)c32)cc1. The fraction of sp³-hybridized carbons (Fsp3) is 0. The van der Waals surface area contributed by atoms with Gasteiger partial charge in [0.05, 0.1) is 40.0 Å². The molecule has 0 saturated heterocycles. The van der Waals surface area contributed by atoms with Crippen molar-refractivity contribution in [2.75, 3.05) is 0 Å². The summed E-state index contributed by atoms with van der Waals surface area (Å²) in [6.45, 7) is 7.38. The third kappa shape index (κ3) is 3.17. The lowest BCUT2D eigenvalue weighted by molar-refractivity contribution is 1.13. The van der Waals surface area contributed by atoms with Crippen molar-refractivity contribution in [3.63, 3.8) is 0 Å². The number of hydrogen-bond donors (Lipinski definition) is 0. The molecule has 0 saturated carbocycles. The quantitative estimate of drug-likeness (QED) is 0.210. The average molecular weight is 510 g/mol. The van der Waals surface area contributed by atoms with Crippen LogP contribution in [0.1, 0.15) is 0 Å². The van der Waals surface area contributed by atoms with Crippen LogP contribution >= 0.6 is 0 Å². The predicted octanol–water partition coefficient (Wildman–Crippen LogP) is 10.1. The monoisotopic (exact) mass is 509 g/mol. The molecular weight excluding hydrogens is 486 g/mol. The van der Waals surface area contributed by atoms with Gasteiger partial charge in [0.1, 0.15) is 0 Å². The second kappa shape index (κ2) is 8.73. The topological polar surface area (TPSA) is 14.2 Å². The van der Waals surface area contributed by atoms with Crippen LogP contribution in [0.4, 0.5) is 5.69 Å². The van der Waals surface area contributed by atoms with E-state index in [0.717, 1.165) is 28.0 Å². The highest BCUT2D eigenvalue weighted by Crippen LogP contribution is 2.41. The van der Waals surface area contributed by atoms with E-state index in [9.17, 15) is 0 Å². The Morgan fingerprint density at radius 2 is 0.925 bits per heavy atom. The summed E-state index contributed by atoms with van der Waals surface area (Å²) >= 11 is 0. The van der Waals surface area contributed by atoms with E-state index in [1.807, 2.05) is 24.3 Å². The fourth-order valence-corrected chi connectivity index (χ4v) is 6.24. The van der Waals surface area contributed by atoms with Crippen LogP contribution < -0.4 is 0 Å². The smallest absolute Gasteiger partial charge is 0.187 e. The maximum Gasteiger partial charge on any atom is 0.187 e. The number of nitrogens with zero attached hydrogens (tertiary/aromatic N) is 3. The van der Waals surface area contributed by atoms with Gasteiger partial charge in [0, 0.05) is 27.1 Å². The molecule has 8 aromatic rings. The van der Waals surface area contributed by atoms with E-state index in [1.165, 1.54) is 38.1 Å². The normalized spacial score (nSPS) is 11.5. The van der Waals surface area contributed by atoms with Crippen molar-refractivity contribution in [1.82, 2.24) is 9.13 Å². The lowest BCUT2D eigenvalue weighted by Crippen LogP contribution is -2.02. The fourth-order valence-electron chi connectivity index (χ4n) is 6.24. The van der Waals surface area contributed by atoms with Gasteiger partial charge in [0.2, 0.25) is 0 Å². The largest absolute Gasteiger partial charge is 0.307 e. The Hall–Kier alpha value is -5.59. The van der Waals surface area contributed by atoms with Gasteiger partial charge >= 0.3 is 0 Å². The van der Waals surface area contributed by atoms with Crippen molar-refractivity contribution in [2.45, 2.75) is 0 Å². The van der Waals surface area contributed by atoms with E-state index in [1.54, 1.807) is 0 Å². The van der Waals surface area contributed by atoms with Crippen LogP contribution in [0.5, 0.6) is 0 Å². The van der Waals surface area contributed by atoms with Crippen molar-refractivity contribution in [2.24, 2.45) is 0 Å². The molecule has 0 atom stereocenters. The van der Waals surface area contributed by atoms with Crippen LogP contribution in [0, 0.1) is 6.57 Å². The summed E-state index contributed by atoms with van der Waals surface area (Å²) in [7, 11) is 0. The maximum atomic E-state index is 7.38. The Bertz CT molecular complexity index is 2220. The minimum absolute atomic E-state index is 0.645. The number of aromatic nitrogens is 2. The van der Waals surface area contributed by atoms with Crippen molar-refractivity contribution in [3.05, 3.63) is 151 Å². The van der Waals surface area contributed by atoms with Crippen molar-refractivity contribution < 1.29 is 0 Å². The van der Waals surface area contributed by atoms with E-state index < -0.39 is 0 Å². The van der Waals surface area contributed by atoms with Gasteiger partial charge in [0.25, 0.3) is 0 Å². The molecule has 8 rings (SSSR count). The minimum atomic E-state index is 0.645. The zero-order valence-corrected chi connectivity index (χ0v) is 21.6. The molecular formula is C37H23N3. The van der Waals surface area contributed by atoms with E-state index in [-0.39, 0.29) is 0 Å². The summed E-state index contributed by atoms with van der Waals surface area (Å²) in [6, 6.07) is 49.1. The molecule has 40 heavy (non-hydrogen) atoms. The summed E-state index contributed by atoms with van der Waals surface area (Å²) in [5.74, 6) is 0. The lowest BCUT2D eigenvalue weighted by Gasteiger charge is -2.17. The van der Waals surface area contributed by atoms with Crippen LogP contribution in [-0.4, -0.2) is 9.13 Å². The molecule has 0 unspecified atom stereocenters. The van der Waals surface area contributed by atoms with Crippen molar-refractivity contribution in [3.8, 4) is 22.5 Å². The van der Waals surface area contributed by atoms with Gasteiger partial charge < -0.3 is 9.13 Å². The summed E-state index contributed by atoms with van der Waals surface area (Å²) in [5, 5.41) is 4.93. The van der Waals surface area contributed by atoms with Crippen LogP contribution in [0.15, 0.2) is 140 Å². The Morgan fingerprint density at radius 3 is 1.57 bits per heavy atom. The highest BCUT2D eigenvalue weighted by atomic mass is 15.1. The first kappa shape index (κ1) is 22.4. The van der Waals surface area contributed by atoms with Gasteiger partial charge in [0.15, 0.2) is 5.69 Å². The molecule has 186 valence electrons. The van der Waals surface area contributed by atoms with Gasteiger partial charge in [-0.3, -0.25) is 0 Å². The van der Waals surface area contributed by atoms with Crippen molar-refractivity contribution in [1.29, 1.82) is 0 Å². The number of hydrogen-bond acceptors (Lipinski definition) is 0. The Balaban J connectivity index is 1.53. The molecule has 0 bridgehead atoms. The number of benzene rings is 6. The molecule has 0 aliphatic carbocycles. The molecule has 3 heteroatoms. The van der Waals surface area contributed by atoms with Crippen molar-refractivity contribution >= 4 is 49.3 Å². The first-order chi connectivity index (χ1) is 19.8. The maximum absolute atomic E-state index is 7.38. The molecule has 0 aliphatic heterocycles. The minimum Gasteiger partial charge on any atom is -0.307 e. The van der Waals surface area contributed by atoms with Gasteiger partial charge in [-0.15, -0.1) is 0 Å². The Morgan fingerprint density at radius 1 is 0.425 bits per heavy atom. The zero-order valence-electron chi connectivity index (χ0n) is 21.6. The summed E-state index contributed by atoms with van der Waals surface area (Å²) < 4.78 is 4.83. The third-order valence-electron chi connectivity index (χ3n) is 7.95. The molecule has 0 amide bonds. The van der Waals surface area contributed by atoms with E-state index in [0.29, 0.717) is 5.69 Å². The number of para-hydroxylation sites is 5. The highest BCUT2D eigenvalue weighted by molar-refractivity contribution is 6.15. The van der Waals surface area contributed by atoms with E-state index >= 15 is 0 Å². The second-order valence-electron chi connectivity index (χ2n) is 10.1. The molecule has 2 heterocycles. The molecule has 0 spiro atoms. The Kier molecular flexibility index (Phi) is 4.89. The number of rotatable bonds is 3. The zero-order chi connectivity index (χ0) is 26.6. The van der Waals surface area contributed by atoms with Gasteiger partial charge in [-0.1, -0.05) is 109 Å². The summed E-state index contributed by atoms with van der Waals surface area (Å²) in [4.78, 5) is 3.59. The van der Waals surface area contributed by atoms with Crippen LogP contribution in [0.25, 0.3) is 71.0 Å². The van der Waals surface area contributed by atoms with Gasteiger partial charge in [-0.2, -0.15) is 0 Å². The predicted molar refractivity (Wildman–Crippen MR) is 167 cm³/mol. The molecule has 3 nitrogen and oxygen atoms in total. The van der Waals surface area contributed by atoms with Gasteiger partial charge in [-0.25, -0.2) is 4.85 Å². The van der Waals surface area contributed by atoms with E-state index in [4.69, 9.17) is 6.57 Å². The summed E-state index contributed by atoms with van der Waals surface area (Å²) in [5.41, 5.74) is 9.82. The van der Waals surface area contributed by atoms with Gasteiger partial charge in [-0.05, 0) is 35.9 Å². The van der Waals surface area contributed by atoms with Crippen LogP contribution in [0.2, 0.25) is 0 Å². The van der Waals surface area contributed by atoms with Crippen LogP contribution in [-0.2, 0) is 0 Å². The standard InChI is InChI=1S/C37H23N3/c1-38-26-23-21-25(22-24-26)27-11-2-6-16-32(27)40-35-19-9-5-14-30(35)31-15-10-20-36(37(31)40)39-33-17-7-3-12-28(33)29-13-4-8-18-34(29)39/h2-24H. The third-order valence-corrected chi connectivity index (χ3v) is 7.95. The second-order valence-corrected chi connectivity index (χ2v) is 10.1. The van der Waals surface area contributed by atoms with Crippen LogP contribution in [0.3, 0.4) is 0 Å². The molecule has 0 aliphatic rings. The first-order valence-corrected chi connectivity index (χ1v) is 13.4. The lowest BCUT2D eigenvalue weighted by atomic mass is 10.0. The molecule has 0 radical (unpaired) electrons. The molecule has 2 aromatic heterocycles. The average Bonchev–Trinajstić information content (AvgIpc) is 3.54. The van der Waals surface area contributed by atoms with E-state index in [2.05, 4.69) is 129 Å². The Labute approximate surface area is 231 Å². The summed E-state index contributed by atoms with van der Waals surface area (Å²) in [6.07, 6.45) is 0.